The molecule has 8 heteroatoms. The van der Waals surface area contributed by atoms with Crippen LogP contribution in [0.1, 0.15) is 17.3 Å². The van der Waals surface area contributed by atoms with Crippen molar-refractivity contribution in [3.63, 3.8) is 0 Å². The molecule has 0 atom stereocenters. The number of carboxylic acid groups (broad SMARTS) is 1. The summed E-state index contributed by atoms with van der Waals surface area (Å²) < 4.78 is 30.5. The van der Waals surface area contributed by atoms with Crippen molar-refractivity contribution in [2.45, 2.75) is 11.8 Å². The minimum atomic E-state index is -4.25. The lowest BCUT2D eigenvalue weighted by molar-refractivity contribution is -0.114. The molecule has 0 bridgehead atoms. The van der Waals surface area contributed by atoms with Crippen molar-refractivity contribution in [1.29, 1.82) is 0 Å². The van der Waals surface area contributed by atoms with E-state index in [1.165, 1.54) is 31.2 Å². The predicted octanol–water partition coefficient (Wildman–Crippen LogP) is 3.26. The van der Waals surface area contributed by atoms with Crippen molar-refractivity contribution in [2.24, 2.45) is 0 Å². The third kappa shape index (κ3) is 3.90. The van der Waals surface area contributed by atoms with Crippen LogP contribution in [0.2, 0.25) is 0 Å². The van der Waals surface area contributed by atoms with Crippen LogP contribution in [-0.2, 0) is 14.9 Å². The molecule has 0 unspecified atom stereocenters. The van der Waals surface area contributed by atoms with Crippen LogP contribution >= 0.6 is 0 Å². The first-order valence-corrected chi connectivity index (χ1v) is 9.26. The van der Waals surface area contributed by atoms with Crippen LogP contribution in [0.4, 0.5) is 5.69 Å². The van der Waals surface area contributed by atoms with Gasteiger partial charge in [-0.05, 0) is 30.3 Å². The molecule has 27 heavy (non-hydrogen) atoms. The molecule has 3 aromatic rings. The van der Waals surface area contributed by atoms with E-state index in [1.54, 1.807) is 30.3 Å². The molecule has 0 spiro atoms. The van der Waals surface area contributed by atoms with Crippen LogP contribution in [0, 0.1) is 0 Å². The summed E-state index contributed by atoms with van der Waals surface area (Å²) >= 11 is 0. The molecule has 0 aliphatic carbocycles. The van der Waals surface area contributed by atoms with Crippen molar-refractivity contribution in [3.05, 3.63) is 66.2 Å². The van der Waals surface area contributed by atoms with E-state index >= 15 is 0 Å². The van der Waals surface area contributed by atoms with E-state index in [1.807, 2.05) is 0 Å². The number of aromatic carboxylic acids is 1. The highest BCUT2D eigenvalue weighted by Gasteiger charge is 2.20. The van der Waals surface area contributed by atoms with Gasteiger partial charge in [0.2, 0.25) is 5.91 Å². The average molecular weight is 385 g/mol. The lowest BCUT2D eigenvalue weighted by Crippen LogP contribution is -2.11. The molecule has 0 heterocycles. The second-order valence-electron chi connectivity index (χ2n) is 5.71. The van der Waals surface area contributed by atoms with Gasteiger partial charge in [-0.15, -0.1) is 0 Å². The highest BCUT2D eigenvalue weighted by molar-refractivity contribution is 7.87. The Morgan fingerprint density at radius 1 is 0.963 bits per heavy atom. The van der Waals surface area contributed by atoms with Gasteiger partial charge in [-0.1, -0.05) is 30.3 Å². The van der Waals surface area contributed by atoms with E-state index in [0.29, 0.717) is 16.5 Å². The van der Waals surface area contributed by atoms with Gasteiger partial charge in [-0.2, -0.15) is 8.42 Å². The number of carbonyl (C=O) groups excluding carboxylic acids is 1. The van der Waals surface area contributed by atoms with Gasteiger partial charge in [0.1, 0.15) is 4.90 Å². The molecule has 3 aromatic carbocycles. The maximum atomic E-state index is 12.6. The molecule has 7 nitrogen and oxygen atoms in total. The first-order valence-electron chi connectivity index (χ1n) is 7.85. The number of nitrogens with one attached hydrogen (secondary N) is 1. The lowest BCUT2D eigenvalue weighted by Gasteiger charge is -2.13. The SMILES string of the molecule is CC(=O)Nc1ccc(OS(=O)(=O)c2cccc(C(=O)O)c2)c2ccccc12. The molecular weight excluding hydrogens is 370 g/mol. The first kappa shape index (κ1) is 18.4. The number of amides is 1. The van der Waals surface area contributed by atoms with Gasteiger partial charge in [0.15, 0.2) is 5.75 Å². The molecular formula is C19H15NO6S. The van der Waals surface area contributed by atoms with Gasteiger partial charge in [0, 0.05) is 23.4 Å². The van der Waals surface area contributed by atoms with E-state index in [2.05, 4.69) is 5.32 Å². The quantitative estimate of drug-likeness (QED) is 0.653. The van der Waals surface area contributed by atoms with Crippen molar-refractivity contribution in [2.75, 3.05) is 5.32 Å². The maximum Gasteiger partial charge on any atom is 0.339 e. The van der Waals surface area contributed by atoms with Gasteiger partial charge in [-0.25, -0.2) is 4.79 Å². The summed E-state index contributed by atoms with van der Waals surface area (Å²) in [6.45, 7) is 1.37. The third-order valence-electron chi connectivity index (χ3n) is 3.76. The topological polar surface area (TPSA) is 110 Å². The molecule has 0 aromatic heterocycles. The zero-order chi connectivity index (χ0) is 19.6. The van der Waals surface area contributed by atoms with E-state index in [0.717, 1.165) is 6.07 Å². The standard InChI is InChI=1S/C19H15NO6S/c1-12(21)20-17-9-10-18(16-8-3-2-7-15(16)17)26-27(24,25)14-6-4-5-13(11-14)19(22)23/h2-11H,1H3,(H,20,21)(H,22,23). The van der Waals surface area contributed by atoms with E-state index in [4.69, 9.17) is 9.29 Å². The summed E-state index contributed by atoms with van der Waals surface area (Å²) in [7, 11) is -4.25. The van der Waals surface area contributed by atoms with Gasteiger partial charge in [0.25, 0.3) is 0 Å². The molecule has 0 aliphatic rings. The maximum absolute atomic E-state index is 12.6. The minimum absolute atomic E-state index is 0.0698. The normalized spacial score (nSPS) is 11.1. The lowest BCUT2D eigenvalue weighted by atomic mass is 10.1. The second kappa shape index (κ2) is 7.08. The van der Waals surface area contributed by atoms with Gasteiger partial charge >= 0.3 is 16.1 Å². The van der Waals surface area contributed by atoms with Crippen molar-refractivity contribution in [3.8, 4) is 5.75 Å². The van der Waals surface area contributed by atoms with Crippen LogP contribution in [0.25, 0.3) is 10.8 Å². The summed E-state index contributed by atoms with van der Waals surface area (Å²) in [6.07, 6.45) is 0. The molecule has 0 saturated carbocycles. The monoisotopic (exact) mass is 385 g/mol. The van der Waals surface area contributed by atoms with Gasteiger partial charge < -0.3 is 14.6 Å². The number of carboxylic acids is 1. The van der Waals surface area contributed by atoms with Crippen molar-refractivity contribution < 1.29 is 27.3 Å². The Balaban J connectivity index is 2.05. The second-order valence-corrected chi connectivity index (χ2v) is 7.25. The number of hydrogen-bond acceptors (Lipinski definition) is 5. The highest BCUT2D eigenvalue weighted by Crippen LogP contribution is 2.33. The summed E-state index contributed by atoms with van der Waals surface area (Å²) in [6, 6.07) is 14.8. The summed E-state index contributed by atoms with van der Waals surface area (Å²) in [5, 5.41) is 12.8. The number of benzene rings is 3. The molecule has 0 radical (unpaired) electrons. The molecule has 0 aliphatic heterocycles. The number of carbonyl (C=O) groups is 2. The van der Waals surface area contributed by atoms with E-state index in [9.17, 15) is 18.0 Å². The van der Waals surface area contributed by atoms with E-state index in [-0.39, 0.29) is 22.1 Å². The fourth-order valence-electron chi connectivity index (χ4n) is 2.59. The Hall–Kier alpha value is -3.39. The summed E-state index contributed by atoms with van der Waals surface area (Å²) in [4.78, 5) is 22.2. The van der Waals surface area contributed by atoms with Crippen molar-refractivity contribution >= 4 is 38.5 Å². The summed E-state index contributed by atoms with van der Waals surface area (Å²) in [5.74, 6) is -1.43. The Morgan fingerprint density at radius 2 is 1.67 bits per heavy atom. The predicted molar refractivity (Wildman–Crippen MR) is 99.5 cm³/mol. The number of fused-ring (bicyclic) bond motifs is 1. The van der Waals surface area contributed by atoms with Crippen LogP contribution in [-0.4, -0.2) is 25.4 Å². The van der Waals surface area contributed by atoms with Crippen molar-refractivity contribution in [1.82, 2.24) is 0 Å². The zero-order valence-corrected chi connectivity index (χ0v) is 15.0. The van der Waals surface area contributed by atoms with E-state index < -0.39 is 16.1 Å². The number of anilines is 1. The molecule has 3 rings (SSSR count). The number of hydrogen-bond donors (Lipinski definition) is 2. The zero-order valence-electron chi connectivity index (χ0n) is 14.2. The van der Waals surface area contributed by atoms with Crippen LogP contribution in [0.15, 0.2) is 65.6 Å². The Labute approximate surface area is 155 Å². The molecule has 0 saturated heterocycles. The van der Waals surface area contributed by atoms with Gasteiger partial charge in [-0.3, -0.25) is 4.79 Å². The largest absolute Gasteiger partial charge is 0.478 e. The molecule has 0 fully saturated rings. The summed E-state index contributed by atoms with van der Waals surface area (Å²) in [5.41, 5.74) is 0.362. The third-order valence-corrected chi connectivity index (χ3v) is 4.99. The Kier molecular flexibility index (Phi) is 4.83. The fraction of sp³-hybridized carbons (Fsp3) is 0.0526. The Morgan fingerprint density at radius 3 is 2.33 bits per heavy atom. The van der Waals surface area contributed by atoms with Crippen LogP contribution < -0.4 is 9.50 Å². The van der Waals surface area contributed by atoms with Gasteiger partial charge in [0.05, 0.1) is 5.56 Å². The molecule has 2 N–H and O–H groups in total. The minimum Gasteiger partial charge on any atom is -0.478 e. The molecule has 138 valence electrons. The number of rotatable bonds is 5. The fourth-order valence-corrected chi connectivity index (χ4v) is 3.59. The smallest absolute Gasteiger partial charge is 0.339 e. The van der Waals surface area contributed by atoms with Crippen LogP contribution in [0.3, 0.4) is 0 Å². The molecule has 1 amide bonds. The average Bonchev–Trinajstić information content (AvgIpc) is 2.63. The first-order chi connectivity index (χ1) is 12.8. The Bertz CT molecular complexity index is 1150. The highest BCUT2D eigenvalue weighted by atomic mass is 32.2. The van der Waals surface area contributed by atoms with Crippen LogP contribution in [0.5, 0.6) is 5.75 Å².